The molecule has 1 heterocycles. The summed E-state index contributed by atoms with van der Waals surface area (Å²) in [6.07, 6.45) is 4.66. The van der Waals surface area contributed by atoms with Gasteiger partial charge in [-0.3, -0.25) is 0 Å². The molecule has 0 aliphatic rings. The van der Waals surface area contributed by atoms with Crippen LogP contribution in [0.4, 0.5) is 11.5 Å². The number of nitrogens with one attached hydrogen (secondary N) is 1. The smallest absolute Gasteiger partial charge is 0.224 e. The van der Waals surface area contributed by atoms with E-state index in [1.54, 1.807) is 0 Å². The van der Waals surface area contributed by atoms with E-state index in [2.05, 4.69) is 21.5 Å². The van der Waals surface area contributed by atoms with Crippen molar-refractivity contribution in [2.24, 2.45) is 0 Å². The molecule has 78 valence electrons. The third kappa shape index (κ3) is 3.59. The number of rotatable bonds is 5. The first kappa shape index (κ1) is 11.4. The van der Waals surface area contributed by atoms with E-state index in [1.807, 2.05) is 11.8 Å². The fraction of sp³-hybridized carbons (Fsp3) is 0.500. The highest BCUT2D eigenvalue weighted by molar-refractivity contribution is 7.98. The molecule has 4 nitrogen and oxygen atoms in total. The first-order valence-electron chi connectivity index (χ1n) is 4.25. The van der Waals surface area contributed by atoms with Crippen molar-refractivity contribution in [2.45, 2.75) is 6.42 Å². The van der Waals surface area contributed by atoms with Gasteiger partial charge < -0.3 is 11.1 Å². The van der Waals surface area contributed by atoms with Gasteiger partial charge in [0.05, 0.1) is 11.9 Å². The Hall–Kier alpha value is -0.680. The van der Waals surface area contributed by atoms with Crippen LogP contribution in [0.15, 0.2) is 6.20 Å². The minimum atomic E-state index is 0.214. The van der Waals surface area contributed by atoms with Gasteiger partial charge >= 0.3 is 0 Å². The molecule has 0 radical (unpaired) electrons. The van der Waals surface area contributed by atoms with Crippen LogP contribution in [0.1, 0.15) is 6.42 Å². The summed E-state index contributed by atoms with van der Waals surface area (Å²) in [6.45, 7) is 0.846. The van der Waals surface area contributed by atoms with Crippen molar-refractivity contribution in [1.29, 1.82) is 0 Å². The van der Waals surface area contributed by atoms with Crippen LogP contribution < -0.4 is 11.1 Å². The first-order chi connectivity index (χ1) is 6.74. The summed E-state index contributed by atoms with van der Waals surface area (Å²) >= 11 is 7.45. The van der Waals surface area contributed by atoms with Gasteiger partial charge in [-0.2, -0.15) is 16.7 Å². The molecule has 0 unspecified atom stereocenters. The molecule has 0 aliphatic heterocycles. The van der Waals surface area contributed by atoms with Crippen molar-refractivity contribution in [3.05, 3.63) is 11.5 Å². The molecular weight excluding hydrogens is 220 g/mol. The molecule has 0 amide bonds. The van der Waals surface area contributed by atoms with E-state index in [-0.39, 0.29) is 5.28 Å². The second-order valence-corrected chi connectivity index (χ2v) is 4.04. The van der Waals surface area contributed by atoms with Gasteiger partial charge in [-0.05, 0) is 30.0 Å². The van der Waals surface area contributed by atoms with Gasteiger partial charge in [0.1, 0.15) is 0 Å². The minimum Gasteiger partial charge on any atom is -0.394 e. The maximum absolute atomic E-state index is 5.65. The molecule has 1 aromatic heterocycles. The van der Waals surface area contributed by atoms with E-state index in [9.17, 15) is 0 Å². The zero-order chi connectivity index (χ0) is 10.4. The maximum atomic E-state index is 5.65. The van der Waals surface area contributed by atoms with Crippen LogP contribution in [0.25, 0.3) is 0 Å². The molecule has 3 N–H and O–H groups in total. The standard InChI is InChI=1S/C8H13ClN4S/c1-14-4-2-3-11-7-6(10)5-12-8(9)13-7/h5H,2-4,10H2,1H3,(H,11,12,13). The van der Waals surface area contributed by atoms with Crippen LogP contribution in [0.2, 0.25) is 5.28 Å². The van der Waals surface area contributed by atoms with Gasteiger partial charge in [-0.15, -0.1) is 0 Å². The molecule has 1 rings (SSSR count). The lowest BCUT2D eigenvalue weighted by atomic mass is 10.4. The average Bonchev–Trinajstić information content (AvgIpc) is 2.18. The van der Waals surface area contributed by atoms with Crippen molar-refractivity contribution >= 4 is 34.9 Å². The lowest BCUT2D eigenvalue weighted by Crippen LogP contribution is -2.07. The quantitative estimate of drug-likeness (QED) is 0.600. The van der Waals surface area contributed by atoms with E-state index in [0.717, 1.165) is 18.7 Å². The molecule has 0 atom stereocenters. The predicted molar refractivity (Wildman–Crippen MR) is 62.9 cm³/mol. The van der Waals surface area contributed by atoms with Crippen LogP contribution in [0.3, 0.4) is 0 Å². The van der Waals surface area contributed by atoms with E-state index in [1.165, 1.54) is 6.20 Å². The highest BCUT2D eigenvalue weighted by Crippen LogP contribution is 2.15. The summed E-state index contributed by atoms with van der Waals surface area (Å²) in [4.78, 5) is 7.75. The number of halogens is 1. The van der Waals surface area contributed by atoms with Crippen molar-refractivity contribution in [3.63, 3.8) is 0 Å². The third-order valence-corrected chi connectivity index (χ3v) is 2.48. The van der Waals surface area contributed by atoms with Crippen molar-refractivity contribution in [3.8, 4) is 0 Å². The molecule has 0 fully saturated rings. The second kappa shape index (κ2) is 5.93. The van der Waals surface area contributed by atoms with E-state index >= 15 is 0 Å². The highest BCUT2D eigenvalue weighted by atomic mass is 35.5. The zero-order valence-electron chi connectivity index (χ0n) is 7.96. The average molecular weight is 233 g/mol. The number of nitrogens with two attached hydrogens (primary N) is 1. The summed E-state index contributed by atoms with van der Waals surface area (Å²) in [5, 5.41) is 3.33. The monoisotopic (exact) mass is 232 g/mol. The molecule has 0 bridgehead atoms. The Balaban J connectivity index is 2.45. The Bertz CT molecular complexity index is 295. The Morgan fingerprint density at radius 2 is 2.43 bits per heavy atom. The maximum Gasteiger partial charge on any atom is 0.224 e. The second-order valence-electron chi connectivity index (χ2n) is 2.72. The lowest BCUT2D eigenvalue weighted by molar-refractivity contribution is 0.978. The first-order valence-corrected chi connectivity index (χ1v) is 6.02. The Kier molecular flexibility index (Phi) is 4.82. The fourth-order valence-corrected chi connectivity index (χ4v) is 1.50. The molecule has 14 heavy (non-hydrogen) atoms. The SMILES string of the molecule is CSCCCNc1nc(Cl)ncc1N. The molecular formula is C8H13ClN4S. The van der Waals surface area contributed by atoms with E-state index in [4.69, 9.17) is 17.3 Å². The molecule has 0 saturated carbocycles. The normalized spacial score (nSPS) is 10.1. The van der Waals surface area contributed by atoms with Crippen molar-refractivity contribution < 1.29 is 0 Å². The predicted octanol–water partition coefficient (Wildman–Crippen LogP) is 1.88. The minimum absolute atomic E-state index is 0.214. The molecule has 0 spiro atoms. The van der Waals surface area contributed by atoms with Gasteiger partial charge in [0.2, 0.25) is 5.28 Å². The van der Waals surface area contributed by atoms with E-state index in [0.29, 0.717) is 11.5 Å². The van der Waals surface area contributed by atoms with Gasteiger partial charge in [0.25, 0.3) is 0 Å². The van der Waals surface area contributed by atoms with Crippen molar-refractivity contribution in [2.75, 3.05) is 29.6 Å². The summed E-state index contributed by atoms with van der Waals surface area (Å²) < 4.78 is 0. The van der Waals surface area contributed by atoms with Crippen LogP contribution in [-0.2, 0) is 0 Å². The highest BCUT2D eigenvalue weighted by Gasteiger charge is 2.01. The number of hydrogen-bond acceptors (Lipinski definition) is 5. The topological polar surface area (TPSA) is 63.8 Å². The summed E-state index contributed by atoms with van der Waals surface area (Å²) in [6, 6.07) is 0. The number of aromatic nitrogens is 2. The number of thioether (sulfide) groups is 1. The third-order valence-electron chi connectivity index (χ3n) is 1.61. The van der Waals surface area contributed by atoms with Gasteiger partial charge in [-0.1, -0.05) is 0 Å². The zero-order valence-corrected chi connectivity index (χ0v) is 9.53. The number of nitrogens with zero attached hydrogens (tertiary/aromatic N) is 2. The largest absolute Gasteiger partial charge is 0.394 e. The Morgan fingerprint density at radius 1 is 1.64 bits per heavy atom. The molecule has 6 heteroatoms. The molecule has 0 aromatic carbocycles. The van der Waals surface area contributed by atoms with Crippen LogP contribution in [0.5, 0.6) is 0 Å². The van der Waals surface area contributed by atoms with Crippen LogP contribution in [-0.4, -0.2) is 28.5 Å². The number of nitrogen functional groups attached to an aromatic ring is 1. The number of anilines is 2. The van der Waals surface area contributed by atoms with Crippen LogP contribution in [0, 0.1) is 0 Å². The summed E-state index contributed by atoms with van der Waals surface area (Å²) in [5.74, 6) is 1.73. The van der Waals surface area contributed by atoms with E-state index < -0.39 is 0 Å². The lowest BCUT2D eigenvalue weighted by Gasteiger charge is -2.06. The Morgan fingerprint density at radius 3 is 3.14 bits per heavy atom. The summed E-state index contributed by atoms with van der Waals surface area (Å²) in [5.41, 5.74) is 6.18. The van der Waals surface area contributed by atoms with Crippen molar-refractivity contribution in [1.82, 2.24) is 9.97 Å². The van der Waals surface area contributed by atoms with Gasteiger partial charge in [0.15, 0.2) is 5.82 Å². The number of hydrogen-bond donors (Lipinski definition) is 2. The fourth-order valence-electron chi connectivity index (χ4n) is 0.935. The summed E-state index contributed by atoms with van der Waals surface area (Å²) in [7, 11) is 0. The Labute approximate surface area is 92.6 Å². The van der Waals surface area contributed by atoms with Gasteiger partial charge in [-0.25, -0.2) is 4.98 Å². The van der Waals surface area contributed by atoms with Crippen LogP contribution >= 0.6 is 23.4 Å². The molecule has 0 aliphatic carbocycles. The molecule has 1 aromatic rings. The molecule has 0 saturated heterocycles. The van der Waals surface area contributed by atoms with Gasteiger partial charge in [0, 0.05) is 6.54 Å².